The van der Waals surface area contributed by atoms with E-state index in [1.54, 1.807) is 18.6 Å². The van der Waals surface area contributed by atoms with Gasteiger partial charge in [0.25, 0.3) is 0 Å². The van der Waals surface area contributed by atoms with Gasteiger partial charge in [-0.05, 0) is 18.1 Å². The smallest absolute Gasteiger partial charge is 0.224 e. The molecule has 1 N–H and O–H groups in total. The van der Waals surface area contributed by atoms with Gasteiger partial charge in [-0.1, -0.05) is 29.8 Å². The molecular formula is C17H17ClN6O. The molecule has 2 aromatic heterocycles. The summed E-state index contributed by atoms with van der Waals surface area (Å²) < 4.78 is 1.84. The molecule has 8 heteroatoms. The maximum absolute atomic E-state index is 12.3. The summed E-state index contributed by atoms with van der Waals surface area (Å²) in [5.41, 5.74) is 1.57. The van der Waals surface area contributed by atoms with Gasteiger partial charge < -0.3 is 10.2 Å². The number of hydrogen-bond acceptors (Lipinski definition) is 5. The third-order valence-corrected chi connectivity index (χ3v) is 4.73. The molecular weight excluding hydrogens is 340 g/mol. The number of hydrogen-bond donors (Lipinski definition) is 1. The Kier molecular flexibility index (Phi) is 4.23. The molecule has 25 heavy (non-hydrogen) atoms. The second-order valence-electron chi connectivity index (χ2n) is 6.08. The van der Waals surface area contributed by atoms with E-state index < -0.39 is 0 Å². The lowest BCUT2D eigenvalue weighted by Gasteiger charge is -2.18. The van der Waals surface area contributed by atoms with E-state index in [1.165, 1.54) is 0 Å². The number of benzene rings is 1. The van der Waals surface area contributed by atoms with E-state index in [9.17, 15) is 4.79 Å². The van der Waals surface area contributed by atoms with Crippen molar-refractivity contribution in [3.8, 4) is 0 Å². The van der Waals surface area contributed by atoms with Crippen LogP contribution in [0.15, 0.2) is 43.0 Å². The summed E-state index contributed by atoms with van der Waals surface area (Å²) in [5, 5.41) is 11.7. The first-order valence-electron chi connectivity index (χ1n) is 8.13. The van der Waals surface area contributed by atoms with Crippen LogP contribution in [-0.2, 0) is 11.2 Å². The molecule has 1 aromatic carbocycles. The van der Waals surface area contributed by atoms with Gasteiger partial charge in [0.1, 0.15) is 6.33 Å². The van der Waals surface area contributed by atoms with Crippen LogP contribution in [0, 0.1) is 0 Å². The minimum Gasteiger partial charge on any atom is -0.351 e. The third kappa shape index (κ3) is 3.28. The molecule has 0 aliphatic carbocycles. The van der Waals surface area contributed by atoms with Gasteiger partial charge in [-0.3, -0.25) is 9.20 Å². The van der Waals surface area contributed by atoms with E-state index in [-0.39, 0.29) is 18.4 Å². The summed E-state index contributed by atoms with van der Waals surface area (Å²) >= 11 is 6.12. The number of amides is 1. The average molecular weight is 357 g/mol. The van der Waals surface area contributed by atoms with Gasteiger partial charge in [0.15, 0.2) is 5.82 Å². The highest BCUT2D eigenvalue weighted by Crippen LogP contribution is 2.22. The number of fused-ring (bicyclic) bond motifs is 1. The zero-order valence-corrected chi connectivity index (χ0v) is 14.2. The Morgan fingerprint density at radius 1 is 1.36 bits per heavy atom. The summed E-state index contributed by atoms with van der Waals surface area (Å²) in [7, 11) is 0. The van der Waals surface area contributed by atoms with Gasteiger partial charge in [0.2, 0.25) is 11.6 Å². The lowest BCUT2D eigenvalue weighted by molar-refractivity contribution is -0.121. The van der Waals surface area contributed by atoms with E-state index in [1.807, 2.05) is 28.8 Å². The number of anilines is 1. The van der Waals surface area contributed by atoms with E-state index >= 15 is 0 Å². The average Bonchev–Trinajstić information content (AvgIpc) is 3.25. The van der Waals surface area contributed by atoms with Crippen LogP contribution in [0.25, 0.3) is 5.65 Å². The standard InChI is InChI=1S/C17H17ClN6O/c18-14-4-2-1-3-12(14)9-15(25)21-13-5-7-23(10-13)16-17-22-20-11-24(17)8-6-19-16/h1-4,6,8,11,13H,5,7,9-10H2,(H,21,25). The van der Waals surface area contributed by atoms with Gasteiger partial charge in [-0.15, -0.1) is 10.2 Å². The molecule has 3 aromatic rings. The van der Waals surface area contributed by atoms with E-state index in [0.29, 0.717) is 11.6 Å². The predicted molar refractivity (Wildman–Crippen MR) is 94.7 cm³/mol. The maximum atomic E-state index is 12.3. The zero-order chi connectivity index (χ0) is 17.2. The van der Waals surface area contributed by atoms with E-state index in [2.05, 4.69) is 25.4 Å². The second-order valence-corrected chi connectivity index (χ2v) is 6.49. The van der Waals surface area contributed by atoms with Crippen molar-refractivity contribution in [1.29, 1.82) is 0 Å². The topological polar surface area (TPSA) is 75.4 Å². The fraction of sp³-hybridized carbons (Fsp3) is 0.294. The first-order chi connectivity index (χ1) is 12.2. The van der Waals surface area contributed by atoms with Gasteiger partial charge >= 0.3 is 0 Å². The van der Waals surface area contributed by atoms with Gasteiger partial charge in [0, 0.05) is 36.5 Å². The molecule has 3 heterocycles. The van der Waals surface area contributed by atoms with Gasteiger partial charge in [-0.25, -0.2) is 4.98 Å². The lowest BCUT2D eigenvalue weighted by atomic mass is 10.1. The number of rotatable bonds is 4. The van der Waals surface area contributed by atoms with Crippen molar-refractivity contribution in [2.75, 3.05) is 18.0 Å². The summed E-state index contributed by atoms with van der Waals surface area (Å²) in [6, 6.07) is 7.50. The van der Waals surface area contributed by atoms with Crippen LogP contribution < -0.4 is 10.2 Å². The Bertz CT molecular complexity index is 911. The zero-order valence-electron chi connectivity index (χ0n) is 13.5. The van der Waals surface area contributed by atoms with Crippen molar-refractivity contribution in [2.45, 2.75) is 18.9 Å². The van der Waals surface area contributed by atoms with Crippen molar-refractivity contribution in [1.82, 2.24) is 24.9 Å². The molecule has 1 fully saturated rings. The molecule has 1 unspecified atom stereocenters. The minimum atomic E-state index is -0.0198. The Balaban J connectivity index is 1.40. The molecule has 1 aliphatic heterocycles. The number of nitrogens with zero attached hydrogens (tertiary/aromatic N) is 5. The highest BCUT2D eigenvalue weighted by atomic mass is 35.5. The van der Waals surface area contributed by atoms with E-state index in [0.717, 1.165) is 30.0 Å². The van der Waals surface area contributed by atoms with Crippen LogP contribution in [0.3, 0.4) is 0 Å². The van der Waals surface area contributed by atoms with Crippen molar-refractivity contribution < 1.29 is 4.79 Å². The number of carbonyl (C=O) groups is 1. The SMILES string of the molecule is O=C(Cc1ccccc1Cl)NC1CCN(c2nccn3cnnc23)C1. The predicted octanol–water partition coefficient (Wildman–Crippen LogP) is 1.72. The molecule has 1 atom stereocenters. The van der Waals surface area contributed by atoms with Crippen LogP contribution in [-0.4, -0.2) is 44.6 Å². The lowest BCUT2D eigenvalue weighted by Crippen LogP contribution is -2.38. The van der Waals surface area contributed by atoms with Crippen LogP contribution >= 0.6 is 11.6 Å². The number of halogens is 1. The Morgan fingerprint density at radius 3 is 3.12 bits per heavy atom. The summed E-state index contributed by atoms with van der Waals surface area (Å²) in [6.45, 7) is 1.52. The first kappa shape index (κ1) is 15.8. The Labute approximate surface area is 149 Å². The number of nitrogens with one attached hydrogen (secondary N) is 1. The molecule has 128 valence electrons. The van der Waals surface area contributed by atoms with Crippen molar-refractivity contribution in [3.63, 3.8) is 0 Å². The highest BCUT2D eigenvalue weighted by Gasteiger charge is 2.26. The fourth-order valence-corrected chi connectivity index (χ4v) is 3.33. The third-order valence-electron chi connectivity index (χ3n) is 4.36. The van der Waals surface area contributed by atoms with Crippen LogP contribution in [0.1, 0.15) is 12.0 Å². The summed E-state index contributed by atoms with van der Waals surface area (Å²) in [4.78, 5) is 18.9. The monoisotopic (exact) mass is 356 g/mol. The molecule has 0 spiro atoms. The van der Waals surface area contributed by atoms with Gasteiger partial charge in [0.05, 0.1) is 6.42 Å². The molecule has 4 rings (SSSR count). The molecule has 1 saturated heterocycles. The summed E-state index contributed by atoms with van der Waals surface area (Å²) in [5.74, 6) is 0.774. The molecule has 7 nitrogen and oxygen atoms in total. The van der Waals surface area contributed by atoms with E-state index in [4.69, 9.17) is 11.6 Å². The van der Waals surface area contributed by atoms with Gasteiger partial charge in [-0.2, -0.15) is 0 Å². The first-order valence-corrected chi connectivity index (χ1v) is 8.50. The number of aromatic nitrogens is 4. The Morgan fingerprint density at radius 2 is 2.24 bits per heavy atom. The molecule has 0 bridgehead atoms. The minimum absolute atomic E-state index is 0.0198. The van der Waals surface area contributed by atoms with Crippen LogP contribution in [0.5, 0.6) is 0 Å². The van der Waals surface area contributed by atoms with Crippen molar-refractivity contribution in [3.05, 3.63) is 53.6 Å². The maximum Gasteiger partial charge on any atom is 0.224 e. The molecule has 1 amide bonds. The molecule has 0 saturated carbocycles. The molecule has 0 radical (unpaired) electrons. The second kappa shape index (κ2) is 6.68. The molecule has 1 aliphatic rings. The largest absolute Gasteiger partial charge is 0.351 e. The highest BCUT2D eigenvalue weighted by molar-refractivity contribution is 6.31. The van der Waals surface area contributed by atoms with Crippen molar-refractivity contribution in [2.24, 2.45) is 0 Å². The summed E-state index contributed by atoms with van der Waals surface area (Å²) in [6.07, 6.45) is 6.35. The Hall–Kier alpha value is -2.67. The number of carbonyl (C=O) groups excluding carboxylic acids is 1. The fourth-order valence-electron chi connectivity index (χ4n) is 3.13. The van der Waals surface area contributed by atoms with Crippen LogP contribution in [0.2, 0.25) is 5.02 Å². The normalized spacial score (nSPS) is 17.2. The van der Waals surface area contributed by atoms with Crippen LogP contribution in [0.4, 0.5) is 5.82 Å². The quantitative estimate of drug-likeness (QED) is 0.770. The van der Waals surface area contributed by atoms with Crippen molar-refractivity contribution >= 4 is 29.0 Å².